The van der Waals surface area contributed by atoms with Gasteiger partial charge in [-0.15, -0.1) is 13.2 Å². The highest BCUT2D eigenvalue weighted by Gasteiger charge is 2.31. The van der Waals surface area contributed by atoms with E-state index in [1.165, 1.54) is 17.0 Å². The van der Waals surface area contributed by atoms with Gasteiger partial charge in [-0.1, -0.05) is 35.3 Å². The summed E-state index contributed by atoms with van der Waals surface area (Å²) >= 11 is 12.0. The third-order valence-corrected chi connectivity index (χ3v) is 6.36. The Balaban J connectivity index is 1.58. The molecule has 3 aromatic carbocycles. The minimum Gasteiger partial charge on any atom is -0.493 e. The summed E-state index contributed by atoms with van der Waals surface area (Å²) in [7, 11) is 0. The predicted molar refractivity (Wildman–Crippen MR) is 159 cm³/mol. The van der Waals surface area contributed by atoms with E-state index in [4.69, 9.17) is 37.4 Å². The first-order valence-corrected chi connectivity index (χ1v) is 14.2. The fraction of sp³-hybridized carbons (Fsp3) is 0.333. The van der Waals surface area contributed by atoms with Crippen LogP contribution < -0.4 is 19.5 Å². The van der Waals surface area contributed by atoms with E-state index in [-0.39, 0.29) is 45.0 Å². The molecule has 0 aliphatic heterocycles. The van der Waals surface area contributed by atoms with E-state index < -0.39 is 30.2 Å². The third kappa shape index (κ3) is 12.4. The molecule has 9 nitrogen and oxygen atoms in total. The number of rotatable bonds is 16. The molecule has 0 bridgehead atoms. The van der Waals surface area contributed by atoms with Crippen molar-refractivity contribution >= 4 is 40.9 Å². The Morgan fingerprint density at radius 2 is 1.50 bits per heavy atom. The second kappa shape index (κ2) is 16.8. The molecule has 44 heavy (non-hydrogen) atoms. The predicted octanol–water partition coefficient (Wildman–Crippen LogP) is 7.31. The average Bonchev–Trinajstić information content (AvgIpc) is 2.94. The highest BCUT2D eigenvalue weighted by molar-refractivity contribution is 6.34. The van der Waals surface area contributed by atoms with Crippen molar-refractivity contribution in [3.05, 3.63) is 82.3 Å². The monoisotopic (exact) mass is 658 g/mol. The van der Waals surface area contributed by atoms with Crippen LogP contribution in [-0.4, -0.2) is 67.4 Å². The first-order valence-electron chi connectivity index (χ1n) is 13.5. The van der Waals surface area contributed by atoms with Gasteiger partial charge in [0.25, 0.3) is 0 Å². The molecule has 3 rings (SSSR count). The number of hydrogen-bond acceptors (Lipinski definition) is 6. The summed E-state index contributed by atoms with van der Waals surface area (Å²) < 4.78 is 58.0. The highest BCUT2D eigenvalue weighted by atomic mass is 35.5. The molecular formula is C30H31Cl2F3N2O7. The van der Waals surface area contributed by atoms with Crippen LogP contribution >= 0.6 is 23.2 Å². The minimum atomic E-state index is -4.83. The van der Waals surface area contributed by atoms with Crippen molar-refractivity contribution in [3.8, 4) is 17.2 Å². The molecule has 1 atom stereocenters. The third-order valence-electron chi connectivity index (χ3n) is 5.92. The molecule has 3 aromatic rings. The summed E-state index contributed by atoms with van der Waals surface area (Å²) in [5.41, 5.74) is 1.02. The molecule has 0 saturated heterocycles. The summed E-state index contributed by atoms with van der Waals surface area (Å²) in [4.78, 5) is 25.9. The number of anilines is 1. The molecule has 0 aliphatic carbocycles. The van der Waals surface area contributed by atoms with Crippen LogP contribution in [-0.2, 0) is 16.0 Å². The summed E-state index contributed by atoms with van der Waals surface area (Å²) in [6.07, 6.45) is -5.16. The van der Waals surface area contributed by atoms with Gasteiger partial charge in [-0.05, 0) is 73.5 Å². The molecule has 0 aliphatic rings. The van der Waals surface area contributed by atoms with E-state index in [1.807, 2.05) is 0 Å². The molecule has 2 N–H and O–H groups in total. The number of alkyl halides is 3. The summed E-state index contributed by atoms with van der Waals surface area (Å²) in [5.74, 6) is -0.472. The standard InChI is InChI=1S/C30H31Cl2F3N2O7/c1-2-41-27(28(38)39)16-20-4-8-24(9-5-20)43-15-13-37(12-3-14-42-26-18-21(31)17-22(32)19-26)29(40)36-23-6-10-25(11-7-23)44-30(33,34)35/h4-11,17-19,27H,2-3,12-16H2,1H3,(H,36,40)(H,38,39). The van der Waals surface area contributed by atoms with Crippen LogP contribution in [0.4, 0.5) is 23.7 Å². The Bertz CT molecular complexity index is 1340. The van der Waals surface area contributed by atoms with Crippen LogP contribution in [0.1, 0.15) is 18.9 Å². The topological polar surface area (TPSA) is 107 Å². The lowest BCUT2D eigenvalue weighted by Crippen LogP contribution is -2.39. The Kier molecular flexibility index (Phi) is 13.2. The maximum absolute atomic E-state index is 13.1. The Morgan fingerprint density at radius 3 is 2.09 bits per heavy atom. The molecular weight excluding hydrogens is 628 g/mol. The van der Waals surface area contributed by atoms with Gasteiger partial charge in [0.05, 0.1) is 13.2 Å². The quantitative estimate of drug-likeness (QED) is 0.156. The number of amides is 2. The Morgan fingerprint density at radius 1 is 0.886 bits per heavy atom. The number of carboxylic acids is 1. The van der Waals surface area contributed by atoms with Crippen molar-refractivity contribution in [1.82, 2.24) is 4.90 Å². The number of aliphatic carboxylic acids is 1. The number of carbonyl (C=O) groups is 2. The first kappa shape index (κ1) is 34.6. The second-order valence-electron chi connectivity index (χ2n) is 9.28. The number of urea groups is 1. The van der Waals surface area contributed by atoms with Gasteiger partial charge in [0.2, 0.25) is 0 Å². The highest BCUT2D eigenvalue weighted by Crippen LogP contribution is 2.25. The molecule has 14 heteroatoms. The molecule has 238 valence electrons. The minimum absolute atomic E-state index is 0.118. The van der Waals surface area contributed by atoms with Gasteiger partial charge >= 0.3 is 18.4 Å². The van der Waals surface area contributed by atoms with Crippen molar-refractivity contribution in [2.24, 2.45) is 0 Å². The van der Waals surface area contributed by atoms with E-state index in [0.717, 1.165) is 17.7 Å². The van der Waals surface area contributed by atoms with Gasteiger partial charge in [0, 0.05) is 35.3 Å². The fourth-order valence-electron chi connectivity index (χ4n) is 3.94. The molecule has 1 unspecified atom stereocenters. The molecule has 0 spiro atoms. The number of benzene rings is 3. The number of carboxylic acid groups (broad SMARTS) is 1. The van der Waals surface area contributed by atoms with Crippen LogP contribution in [0.3, 0.4) is 0 Å². The number of nitrogens with zero attached hydrogens (tertiary/aromatic N) is 1. The molecule has 2 amide bonds. The van der Waals surface area contributed by atoms with Crippen LogP contribution in [0.15, 0.2) is 66.7 Å². The van der Waals surface area contributed by atoms with Crippen molar-refractivity contribution in [1.29, 1.82) is 0 Å². The van der Waals surface area contributed by atoms with E-state index in [9.17, 15) is 27.9 Å². The van der Waals surface area contributed by atoms with Crippen molar-refractivity contribution < 1.29 is 46.8 Å². The number of carbonyl (C=O) groups excluding carboxylic acids is 1. The lowest BCUT2D eigenvalue weighted by molar-refractivity contribution is -0.274. The number of nitrogens with one attached hydrogen (secondary N) is 1. The molecule has 0 fully saturated rings. The zero-order valence-corrected chi connectivity index (χ0v) is 25.1. The van der Waals surface area contributed by atoms with Gasteiger partial charge < -0.3 is 34.3 Å². The van der Waals surface area contributed by atoms with Gasteiger partial charge in [0.1, 0.15) is 23.9 Å². The van der Waals surface area contributed by atoms with E-state index in [2.05, 4.69) is 10.1 Å². The van der Waals surface area contributed by atoms with Gasteiger partial charge in [-0.25, -0.2) is 9.59 Å². The largest absolute Gasteiger partial charge is 0.573 e. The Hall–Kier alpha value is -3.87. The first-order chi connectivity index (χ1) is 20.9. The maximum atomic E-state index is 13.1. The maximum Gasteiger partial charge on any atom is 0.573 e. The van der Waals surface area contributed by atoms with Crippen molar-refractivity contribution in [2.75, 3.05) is 38.2 Å². The molecule has 0 radical (unpaired) electrons. The van der Waals surface area contributed by atoms with E-state index >= 15 is 0 Å². The van der Waals surface area contributed by atoms with Crippen LogP contribution in [0.25, 0.3) is 0 Å². The second-order valence-corrected chi connectivity index (χ2v) is 10.1. The summed E-state index contributed by atoms with van der Waals surface area (Å²) in [6, 6.07) is 15.9. The Labute approximate surface area is 262 Å². The lowest BCUT2D eigenvalue weighted by Gasteiger charge is -2.23. The van der Waals surface area contributed by atoms with Gasteiger partial charge in [-0.3, -0.25) is 0 Å². The van der Waals surface area contributed by atoms with E-state index in [0.29, 0.717) is 28.0 Å². The smallest absolute Gasteiger partial charge is 0.493 e. The number of hydrogen-bond donors (Lipinski definition) is 2. The number of ether oxygens (including phenoxy) is 4. The van der Waals surface area contributed by atoms with Crippen LogP contribution in [0, 0.1) is 0 Å². The summed E-state index contributed by atoms with van der Waals surface area (Å²) in [5, 5.41) is 12.8. The van der Waals surface area contributed by atoms with Gasteiger partial charge in [0.15, 0.2) is 6.10 Å². The van der Waals surface area contributed by atoms with Crippen molar-refractivity contribution in [3.63, 3.8) is 0 Å². The van der Waals surface area contributed by atoms with Crippen LogP contribution in [0.5, 0.6) is 17.2 Å². The molecule has 0 saturated carbocycles. The molecule has 0 aromatic heterocycles. The zero-order valence-electron chi connectivity index (χ0n) is 23.6. The average molecular weight is 659 g/mol. The normalized spacial score (nSPS) is 11.9. The molecule has 0 heterocycles. The van der Waals surface area contributed by atoms with Crippen molar-refractivity contribution in [2.45, 2.75) is 32.2 Å². The lowest BCUT2D eigenvalue weighted by atomic mass is 10.1. The van der Waals surface area contributed by atoms with E-state index in [1.54, 1.807) is 49.4 Å². The summed E-state index contributed by atoms with van der Waals surface area (Å²) in [6.45, 7) is 2.78. The van der Waals surface area contributed by atoms with Crippen LogP contribution in [0.2, 0.25) is 10.0 Å². The number of halogens is 5. The SMILES string of the molecule is CCOC(Cc1ccc(OCCN(CCCOc2cc(Cl)cc(Cl)c2)C(=O)Nc2ccc(OC(F)(F)F)cc2)cc1)C(=O)O. The zero-order chi connectivity index (χ0) is 32.1. The van der Waals surface area contributed by atoms with Gasteiger partial charge in [-0.2, -0.15) is 0 Å². The fourth-order valence-corrected chi connectivity index (χ4v) is 4.45.